The molecule has 0 aliphatic rings. The minimum atomic E-state index is -0.180. The van der Waals surface area contributed by atoms with Crippen LogP contribution in [0.5, 0.6) is 5.75 Å². The van der Waals surface area contributed by atoms with Crippen LogP contribution in [-0.4, -0.2) is 15.7 Å². The zero-order valence-electron chi connectivity index (χ0n) is 14.0. The van der Waals surface area contributed by atoms with E-state index in [-0.39, 0.29) is 5.91 Å². The summed E-state index contributed by atoms with van der Waals surface area (Å²) in [6.45, 7) is 2.21. The lowest BCUT2D eigenvalue weighted by Gasteiger charge is -2.08. The molecule has 0 spiro atoms. The summed E-state index contributed by atoms with van der Waals surface area (Å²) < 4.78 is 7.39. The van der Waals surface area contributed by atoms with Crippen LogP contribution in [0.4, 0.5) is 5.69 Å². The monoisotopic (exact) mass is 355 g/mol. The zero-order chi connectivity index (χ0) is 17.8. The Balaban J connectivity index is 1.68. The first kappa shape index (κ1) is 17.0. The van der Waals surface area contributed by atoms with Crippen LogP contribution in [0, 0.1) is 6.92 Å². The van der Waals surface area contributed by atoms with E-state index in [1.807, 2.05) is 44.3 Å². The average Bonchev–Trinajstić information content (AvgIpc) is 2.90. The fourth-order valence-corrected chi connectivity index (χ4v) is 2.62. The van der Waals surface area contributed by atoms with Gasteiger partial charge in [0, 0.05) is 23.8 Å². The summed E-state index contributed by atoms with van der Waals surface area (Å²) in [5.74, 6) is 0.508. The van der Waals surface area contributed by atoms with E-state index in [0.29, 0.717) is 28.6 Å². The molecule has 128 valence electrons. The van der Waals surface area contributed by atoms with Gasteiger partial charge in [-0.15, -0.1) is 0 Å². The van der Waals surface area contributed by atoms with Gasteiger partial charge in [0.25, 0.3) is 5.91 Å². The van der Waals surface area contributed by atoms with Gasteiger partial charge in [-0.2, -0.15) is 5.10 Å². The van der Waals surface area contributed by atoms with E-state index in [1.165, 1.54) is 0 Å². The second-order valence-corrected chi connectivity index (χ2v) is 6.14. The lowest BCUT2D eigenvalue weighted by Crippen LogP contribution is -2.12. The first-order valence-electron chi connectivity index (χ1n) is 7.80. The normalized spacial score (nSPS) is 10.5. The van der Waals surface area contributed by atoms with Gasteiger partial charge in [-0.05, 0) is 42.8 Å². The Morgan fingerprint density at radius 3 is 2.76 bits per heavy atom. The van der Waals surface area contributed by atoms with Crippen molar-refractivity contribution in [3.63, 3.8) is 0 Å². The van der Waals surface area contributed by atoms with Crippen LogP contribution < -0.4 is 10.1 Å². The summed E-state index contributed by atoms with van der Waals surface area (Å²) in [5.41, 5.74) is 2.94. The lowest BCUT2D eigenvalue weighted by molar-refractivity contribution is 0.102. The van der Waals surface area contributed by atoms with Crippen LogP contribution in [0.25, 0.3) is 0 Å². The van der Waals surface area contributed by atoms with Crippen molar-refractivity contribution in [2.75, 3.05) is 5.32 Å². The van der Waals surface area contributed by atoms with Gasteiger partial charge >= 0.3 is 0 Å². The Labute approximate surface area is 151 Å². The van der Waals surface area contributed by atoms with E-state index >= 15 is 0 Å². The first-order chi connectivity index (χ1) is 12.0. The number of hydrogen-bond donors (Lipinski definition) is 1. The van der Waals surface area contributed by atoms with Crippen LogP contribution >= 0.6 is 11.6 Å². The molecular weight excluding hydrogens is 338 g/mol. The number of hydrogen-bond acceptors (Lipinski definition) is 3. The standard InChI is InChI=1S/C19H18ClN3O2/c1-13-18(11-23(2)22-13)21-19(24)15-6-3-5-14(9-15)12-25-17-8-4-7-16(20)10-17/h3-11H,12H2,1-2H3,(H,21,24). The molecule has 0 fully saturated rings. The third kappa shape index (κ3) is 4.39. The maximum Gasteiger partial charge on any atom is 0.255 e. The fraction of sp³-hybridized carbons (Fsp3) is 0.158. The largest absolute Gasteiger partial charge is 0.489 e. The van der Waals surface area contributed by atoms with E-state index in [9.17, 15) is 4.79 Å². The molecule has 0 saturated carbocycles. The van der Waals surface area contributed by atoms with Gasteiger partial charge in [0.15, 0.2) is 0 Å². The van der Waals surface area contributed by atoms with Crippen LogP contribution in [0.1, 0.15) is 21.6 Å². The van der Waals surface area contributed by atoms with Gasteiger partial charge in [0.1, 0.15) is 12.4 Å². The number of ether oxygens (including phenoxy) is 1. The van der Waals surface area contributed by atoms with Crippen molar-refractivity contribution >= 4 is 23.2 Å². The molecule has 25 heavy (non-hydrogen) atoms. The second-order valence-electron chi connectivity index (χ2n) is 5.70. The van der Waals surface area contributed by atoms with Crippen LogP contribution in [0.15, 0.2) is 54.7 Å². The van der Waals surface area contributed by atoms with Gasteiger partial charge in [0.2, 0.25) is 0 Å². The highest BCUT2D eigenvalue weighted by Crippen LogP contribution is 2.19. The summed E-state index contributed by atoms with van der Waals surface area (Å²) >= 11 is 5.95. The summed E-state index contributed by atoms with van der Waals surface area (Å²) in [7, 11) is 1.82. The second kappa shape index (κ2) is 7.40. The van der Waals surface area contributed by atoms with E-state index in [1.54, 1.807) is 29.1 Å². The highest BCUT2D eigenvalue weighted by molar-refractivity contribution is 6.30. The Hall–Kier alpha value is -2.79. The van der Waals surface area contributed by atoms with Gasteiger partial charge < -0.3 is 10.1 Å². The Morgan fingerprint density at radius 1 is 1.24 bits per heavy atom. The fourth-order valence-electron chi connectivity index (χ4n) is 2.44. The van der Waals surface area contributed by atoms with Crippen molar-refractivity contribution < 1.29 is 9.53 Å². The lowest BCUT2D eigenvalue weighted by atomic mass is 10.1. The molecule has 5 nitrogen and oxygen atoms in total. The predicted octanol–water partition coefficient (Wildman–Crippen LogP) is 4.21. The molecule has 1 heterocycles. The number of rotatable bonds is 5. The molecule has 0 atom stereocenters. The molecule has 1 N–H and O–H groups in total. The van der Waals surface area contributed by atoms with Crippen molar-refractivity contribution in [2.24, 2.45) is 7.05 Å². The third-order valence-corrected chi connectivity index (χ3v) is 3.89. The summed E-state index contributed by atoms with van der Waals surface area (Å²) in [4.78, 5) is 12.4. The van der Waals surface area contributed by atoms with Crippen molar-refractivity contribution in [3.05, 3.63) is 76.6 Å². The molecule has 0 aliphatic heterocycles. The van der Waals surface area contributed by atoms with Gasteiger partial charge in [-0.25, -0.2) is 0 Å². The molecular formula is C19H18ClN3O2. The van der Waals surface area contributed by atoms with E-state index < -0.39 is 0 Å². The SMILES string of the molecule is Cc1nn(C)cc1NC(=O)c1cccc(COc2cccc(Cl)c2)c1. The van der Waals surface area contributed by atoms with Crippen molar-refractivity contribution in [2.45, 2.75) is 13.5 Å². The number of carbonyl (C=O) groups excluding carboxylic acids is 1. The minimum Gasteiger partial charge on any atom is -0.489 e. The topological polar surface area (TPSA) is 56.2 Å². The molecule has 1 aromatic heterocycles. The molecule has 0 saturated heterocycles. The summed E-state index contributed by atoms with van der Waals surface area (Å²) in [6, 6.07) is 14.5. The van der Waals surface area contributed by atoms with E-state index in [4.69, 9.17) is 16.3 Å². The number of aryl methyl sites for hydroxylation is 2. The molecule has 3 aromatic rings. The van der Waals surface area contributed by atoms with E-state index in [0.717, 1.165) is 11.3 Å². The predicted molar refractivity (Wildman–Crippen MR) is 98.1 cm³/mol. The molecule has 0 radical (unpaired) electrons. The van der Waals surface area contributed by atoms with Crippen molar-refractivity contribution in [1.82, 2.24) is 9.78 Å². The maximum absolute atomic E-state index is 12.4. The number of benzene rings is 2. The highest BCUT2D eigenvalue weighted by Gasteiger charge is 2.10. The summed E-state index contributed by atoms with van der Waals surface area (Å²) in [6.07, 6.45) is 1.78. The quantitative estimate of drug-likeness (QED) is 0.745. The third-order valence-electron chi connectivity index (χ3n) is 3.65. The number of aromatic nitrogens is 2. The molecule has 2 aromatic carbocycles. The van der Waals surface area contributed by atoms with Gasteiger partial charge in [0.05, 0.1) is 11.4 Å². The average molecular weight is 356 g/mol. The number of anilines is 1. The Kier molecular flexibility index (Phi) is 5.05. The number of halogens is 1. The van der Waals surface area contributed by atoms with E-state index in [2.05, 4.69) is 10.4 Å². The van der Waals surface area contributed by atoms with Crippen LogP contribution in [0.2, 0.25) is 5.02 Å². The minimum absolute atomic E-state index is 0.180. The molecule has 0 aliphatic carbocycles. The molecule has 6 heteroatoms. The van der Waals surface area contributed by atoms with Gasteiger partial charge in [-0.3, -0.25) is 9.48 Å². The smallest absolute Gasteiger partial charge is 0.255 e. The highest BCUT2D eigenvalue weighted by atomic mass is 35.5. The maximum atomic E-state index is 12.4. The number of amides is 1. The molecule has 1 amide bonds. The van der Waals surface area contributed by atoms with Crippen LogP contribution in [-0.2, 0) is 13.7 Å². The Morgan fingerprint density at radius 2 is 2.04 bits per heavy atom. The Bertz CT molecular complexity index is 905. The van der Waals surface area contributed by atoms with Crippen molar-refractivity contribution in [3.8, 4) is 5.75 Å². The number of carbonyl (C=O) groups is 1. The van der Waals surface area contributed by atoms with Crippen LogP contribution in [0.3, 0.4) is 0 Å². The zero-order valence-corrected chi connectivity index (χ0v) is 14.7. The first-order valence-corrected chi connectivity index (χ1v) is 8.18. The van der Waals surface area contributed by atoms with Crippen molar-refractivity contribution in [1.29, 1.82) is 0 Å². The summed E-state index contributed by atoms with van der Waals surface area (Å²) in [5, 5.41) is 7.71. The number of nitrogens with one attached hydrogen (secondary N) is 1. The number of nitrogens with zero attached hydrogens (tertiary/aromatic N) is 2. The molecule has 3 rings (SSSR count). The molecule has 0 bridgehead atoms. The van der Waals surface area contributed by atoms with Gasteiger partial charge in [-0.1, -0.05) is 29.8 Å². The molecule has 0 unspecified atom stereocenters.